The topological polar surface area (TPSA) is 82.9 Å². The third kappa shape index (κ3) is 8.83. The second kappa shape index (κ2) is 14.4. The monoisotopic (exact) mass is 590 g/mol. The van der Waals surface area contributed by atoms with Crippen molar-refractivity contribution < 1.29 is 32.9 Å². The first-order chi connectivity index (χ1) is 19.6. The van der Waals surface area contributed by atoms with Crippen molar-refractivity contribution in [2.75, 3.05) is 32.5 Å². The second-order valence-electron chi connectivity index (χ2n) is 10.6. The van der Waals surface area contributed by atoms with Crippen molar-refractivity contribution >= 4 is 28.6 Å². The summed E-state index contributed by atoms with van der Waals surface area (Å²) < 4.78 is 44.3. The number of carboxylic acids is 1. The number of pyridine rings is 1. The maximum Gasteiger partial charge on any atom is 0.416 e. The molecule has 3 atom stereocenters. The SMILES string of the molecule is COc1ccc2nccc([C@H](O)CC[C@@H]3CCN(CCCSc4cccc(C(F)(F)F)c4)C[C@H]3CCC(=O)O)c2c1. The van der Waals surface area contributed by atoms with Crippen molar-refractivity contribution in [2.45, 2.75) is 55.7 Å². The molecule has 1 aliphatic heterocycles. The molecular formula is C31H37F3N2O4S. The summed E-state index contributed by atoms with van der Waals surface area (Å²) >= 11 is 1.42. The number of carboxylic acid groups (broad SMARTS) is 1. The van der Waals surface area contributed by atoms with Gasteiger partial charge in [0.1, 0.15) is 5.75 Å². The van der Waals surface area contributed by atoms with Crippen LogP contribution in [0.1, 0.15) is 55.8 Å². The van der Waals surface area contributed by atoms with Crippen molar-refractivity contribution in [3.8, 4) is 5.75 Å². The smallest absolute Gasteiger partial charge is 0.416 e. The summed E-state index contributed by atoms with van der Waals surface area (Å²) in [6, 6.07) is 12.9. The van der Waals surface area contributed by atoms with Gasteiger partial charge in [0.15, 0.2) is 0 Å². The van der Waals surface area contributed by atoms with E-state index >= 15 is 0 Å². The number of hydrogen-bond acceptors (Lipinski definition) is 6. The Morgan fingerprint density at radius 1 is 1.17 bits per heavy atom. The molecule has 0 unspecified atom stereocenters. The molecule has 2 heterocycles. The average Bonchev–Trinajstić information content (AvgIpc) is 2.96. The minimum absolute atomic E-state index is 0.109. The van der Waals surface area contributed by atoms with E-state index in [9.17, 15) is 28.2 Å². The van der Waals surface area contributed by atoms with Crippen molar-refractivity contribution in [1.82, 2.24) is 9.88 Å². The molecule has 41 heavy (non-hydrogen) atoms. The Labute approximate surface area is 242 Å². The van der Waals surface area contributed by atoms with Gasteiger partial charge in [0.2, 0.25) is 0 Å². The predicted octanol–water partition coefficient (Wildman–Crippen LogP) is 7.06. The lowest BCUT2D eigenvalue weighted by Crippen LogP contribution is -2.41. The summed E-state index contributed by atoms with van der Waals surface area (Å²) in [6.07, 6.45) is 0.486. The van der Waals surface area contributed by atoms with Crippen LogP contribution >= 0.6 is 11.8 Å². The van der Waals surface area contributed by atoms with Gasteiger partial charge in [-0.25, -0.2) is 0 Å². The highest BCUT2D eigenvalue weighted by Crippen LogP contribution is 2.36. The molecule has 0 spiro atoms. The highest BCUT2D eigenvalue weighted by Gasteiger charge is 2.31. The van der Waals surface area contributed by atoms with Gasteiger partial charge in [-0.05, 0) is 111 Å². The predicted molar refractivity (Wildman–Crippen MR) is 154 cm³/mol. The fourth-order valence-corrected chi connectivity index (χ4v) is 6.60. The standard InChI is InChI=1S/C31H37F3N2O4S/c1-40-24-8-9-28-27(19-24)26(12-14-35-28)29(37)10-6-21-13-16-36(20-22(21)7-11-30(38)39)15-3-17-41-25-5-2-4-23(18-25)31(32,33)34/h2,4-5,8-9,12,14,18-19,21-22,29,37H,3,6-7,10-11,13,15-17,20H2,1H3,(H,38,39)/t21-,22-,29-/m1/s1. The molecule has 1 saturated heterocycles. The van der Waals surface area contributed by atoms with Crippen LogP contribution in [0.15, 0.2) is 59.6 Å². The first-order valence-electron chi connectivity index (χ1n) is 14.0. The third-order valence-electron chi connectivity index (χ3n) is 7.91. The fourth-order valence-electron chi connectivity index (χ4n) is 5.71. The highest BCUT2D eigenvalue weighted by atomic mass is 32.2. The van der Waals surface area contributed by atoms with E-state index in [0.29, 0.717) is 35.2 Å². The van der Waals surface area contributed by atoms with E-state index in [2.05, 4.69) is 9.88 Å². The van der Waals surface area contributed by atoms with E-state index in [1.165, 1.54) is 23.9 Å². The molecule has 222 valence electrons. The molecule has 0 bridgehead atoms. The number of methoxy groups -OCH3 is 1. The van der Waals surface area contributed by atoms with Crippen LogP contribution in [-0.4, -0.2) is 58.6 Å². The van der Waals surface area contributed by atoms with Crippen LogP contribution in [-0.2, 0) is 11.0 Å². The summed E-state index contributed by atoms with van der Waals surface area (Å²) in [6.45, 7) is 2.49. The molecule has 2 aromatic carbocycles. The van der Waals surface area contributed by atoms with Gasteiger partial charge < -0.3 is 19.8 Å². The number of halogens is 3. The summed E-state index contributed by atoms with van der Waals surface area (Å²) in [7, 11) is 1.60. The number of piperidine rings is 1. The van der Waals surface area contributed by atoms with Gasteiger partial charge in [0.25, 0.3) is 0 Å². The number of likely N-dealkylation sites (tertiary alicyclic amines) is 1. The number of aliphatic carboxylic acids is 1. The van der Waals surface area contributed by atoms with Gasteiger partial charge in [-0.15, -0.1) is 11.8 Å². The van der Waals surface area contributed by atoms with E-state index in [1.54, 1.807) is 19.4 Å². The number of alkyl halides is 3. The fraction of sp³-hybridized carbons (Fsp3) is 0.484. The number of hydrogen-bond donors (Lipinski definition) is 2. The van der Waals surface area contributed by atoms with Crippen LogP contribution in [0, 0.1) is 11.8 Å². The quantitative estimate of drug-likeness (QED) is 0.163. The molecule has 0 amide bonds. The van der Waals surface area contributed by atoms with Crippen LogP contribution < -0.4 is 4.74 Å². The molecule has 6 nitrogen and oxygen atoms in total. The number of nitrogens with zero attached hydrogens (tertiary/aromatic N) is 2. The third-order valence-corrected chi connectivity index (χ3v) is 8.99. The summed E-state index contributed by atoms with van der Waals surface area (Å²) in [5.74, 6) is 1.11. The summed E-state index contributed by atoms with van der Waals surface area (Å²) in [5, 5.41) is 21.3. The number of fused-ring (bicyclic) bond motifs is 1. The van der Waals surface area contributed by atoms with E-state index in [-0.39, 0.29) is 12.3 Å². The van der Waals surface area contributed by atoms with Crippen LogP contribution in [0.5, 0.6) is 5.75 Å². The maximum atomic E-state index is 13.0. The Hall–Kier alpha value is -2.82. The number of thioether (sulfide) groups is 1. The molecule has 0 aliphatic carbocycles. The van der Waals surface area contributed by atoms with Crippen molar-refractivity contribution in [1.29, 1.82) is 0 Å². The van der Waals surface area contributed by atoms with Crippen molar-refractivity contribution in [2.24, 2.45) is 11.8 Å². The van der Waals surface area contributed by atoms with E-state index in [1.807, 2.05) is 24.3 Å². The van der Waals surface area contributed by atoms with E-state index < -0.39 is 23.8 Å². The largest absolute Gasteiger partial charge is 0.497 e. The summed E-state index contributed by atoms with van der Waals surface area (Å²) in [4.78, 5) is 18.7. The maximum absolute atomic E-state index is 13.0. The van der Waals surface area contributed by atoms with Crippen molar-refractivity contribution in [3.63, 3.8) is 0 Å². The Kier molecular flexibility index (Phi) is 10.9. The van der Waals surface area contributed by atoms with E-state index in [4.69, 9.17) is 4.74 Å². The van der Waals surface area contributed by atoms with Crippen LogP contribution in [0.4, 0.5) is 13.2 Å². The van der Waals surface area contributed by atoms with Crippen molar-refractivity contribution in [3.05, 3.63) is 65.9 Å². The Balaban J connectivity index is 1.31. The summed E-state index contributed by atoms with van der Waals surface area (Å²) in [5.41, 5.74) is 0.973. The molecular weight excluding hydrogens is 553 g/mol. The molecule has 2 N–H and O–H groups in total. The minimum atomic E-state index is -4.35. The lowest BCUT2D eigenvalue weighted by molar-refractivity contribution is -0.138. The van der Waals surface area contributed by atoms with Gasteiger partial charge in [0.05, 0.1) is 24.3 Å². The number of aromatic nitrogens is 1. The Morgan fingerprint density at radius 3 is 2.76 bits per heavy atom. The molecule has 3 aromatic rings. The molecule has 1 aliphatic rings. The molecule has 4 rings (SSSR count). The molecule has 1 fully saturated rings. The lowest BCUT2D eigenvalue weighted by atomic mass is 9.79. The second-order valence-corrected chi connectivity index (χ2v) is 11.8. The molecule has 0 radical (unpaired) electrons. The van der Waals surface area contributed by atoms with Crippen LogP contribution in [0.25, 0.3) is 10.9 Å². The van der Waals surface area contributed by atoms with Gasteiger partial charge >= 0.3 is 12.1 Å². The minimum Gasteiger partial charge on any atom is -0.497 e. The molecule has 10 heteroatoms. The number of aliphatic hydroxyl groups is 1. The average molecular weight is 591 g/mol. The van der Waals surface area contributed by atoms with Gasteiger partial charge in [0, 0.05) is 29.4 Å². The Bertz CT molecular complexity index is 1310. The number of rotatable bonds is 13. The van der Waals surface area contributed by atoms with Gasteiger partial charge in [-0.1, -0.05) is 6.07 Å². The number of benzene rings is 2. The van der Waals surface area contributed by atoms with Crippen LogP contribution in [0.3, 0.4) is 0 Å². The zero-order valence-electron chi connectivity index (χ0n) is 23.1. The van der Waals surface area contributed by atoms with Crippen LogP contribution in [0.2, 0.25) is 0 Å². The normalized spacial score (nSPS) is 18.9. The number of ether oxygens (including phenoxy) is 1. The zero-order valence-corrected chi connectivity index (χ0v) is 24.0. The first-order valence-corrected chi connectivity index (χ1v) is 15.0. The lowest BCUT2D eigenvalue weighted by Gasteiger charge is -2.39. The first kappa shape index (κ1) is 31.1. The number of aliphatic hydroxyl groups excluding tert-OH is 1. The highest BCUT2D eigenvalue weighted by molar-refractivity contribution is 7.99. The Morgan fingerprint density at radius 2 is 2.00 bits per heavy atom. The van der Waals surface area contributed by atoms with Gasteiger partial charge in [-0.2, -0.15) is 13.2 Å². The molecule has 0 saturated carbocycles. The molecule has 1 aromatic heterocycles. The number of carbonyl (C=O) groups is 1. The van der Waals surface area contributed by atoms with Gasteiger partial charge in [-0.3, -0.25) is 9.78 Å². The van der Waals surface area contributed by atoms with E-state index in [0.717, 1.165) is 61.4 Å². The zero-order chi connectivity index (χ0) is 29.4.